The van der Waals surface area contributed by atoms with Crippen molar-refractivity contribution >= 4 is 21.4 Å². The number of fused-ring (bicyclic) bond motifs is 1. The highest BCUT2D eigenvalue weighted by Crippen LogP contribution is 2.38. The molecule has 0 aliphatic rings. The van der Waals surface area contributed by atoms with Gasteiger partial charge in [-0.05, 0) is 50.3 Å². The van der Waals surface area contributed by atoms with Gasteiger partial charge in [0.15, 0.2) is 0 Å². The Morgan fingerprint density at radius 1 is 1.07 bits per heavy atom. The second-order valence-corrected chi connectivity index (χ2v) is 5.05. The molecule has 0 saturated carbocycles. The molecule has 1 heterocycles. The number of rotatable bonds is 0. The van der Waals surface area contributed by atoms with Gasteiger partial charge in [0.25, 0.3) is 0 Å². The number of aryl methyl sites for hydroxylation is 4. The molecule has 0 spiro atoms. The van der Waals surface area contributed by atoms with E-state index in [2.05, 4.69) is 20.8 Å². The monoisotopic (exact) mass is 206 g/mol. The highest BCUT2D eigenvalue weighted by molar-refractivity contribution is 7.19. The highest BCUT2D eigenvalue weighted by atomic mass is 32.1. The van der Waals surface area contributed by atoms with Crippen molar-refractivity contribution in [1.82, 2.24) is 0 Å². The van der Waals surface area contributed by atoms with E-state index in [1.165, 1.54) is 26.1 Å². The molecule has 0 fully saturated rings. The third-order valence-corrected chi connectivity index (χ3v) is 4.18. The molecule has 1 aromatic carbocycles. The zero-order valence-corrected chi connectivity index (χ0v) is 9.75. The van der Waals surface area contributed by atoms with E-state index in [1.54, 1.807) is 11.3 Å². The molecular weight excluding hydrogens is 192 g/mol. The van der Waals surface area contributed by atoms with Crippen LogP contribution in [0.15, 0.2) is 6.07 Å². The molecule has 0 bridgehead atoms. The van der Waals surface area contributed by atoms with Gasteiger partial charge in [-0.1, -0.05) is 0 Å². The maximum atomic E-state index is 9.70. The summed E-state index contributed by atoms with van der Waals surface area (Å²) in [6.07, 6.45) is 0. The van der Waals surface area contributed by atoms with Crippen LogP contribution in [-0.4, -0.2) is 5.11 Å². The lowest BCUT2D eigenvalue weighted by atomic mass is 10.0. The number of phenolic OH excluding ortho intramolecular Hbond substituents is 1. The Morgan fingerprint density at radius 3 is 2.36 bits per heavy atom. The van der Waals surface area contributed by atoms with Crippen molar-refractivity contribution in [2.24, 2.45) is 0 Å². The van der Waals surface area contributed by atoms with Crippen LogP contribution in [0.1, 0.15) is 21.6 Å². The molecule has 2 rings (SSSR count). The number of thiophene rings is 1. The van der Waals surface area contributed by atoms with E-state index < -0.39 is 0 Å². The first-order chi connectivity index (χ1) is 6.52. The molecule has 0 unspecified atom stereocenters. The van der Waals surface area contributed by atoms with E-state index in [0.717, 1.165) is 5.56 Å². The Morgan fingerprint density at radius 2 is 1.71 bits per heavy atom. The summed E-state index contributed by atoms with van der Waals surface area (Å²) >= 11 is 1.77. The predicted octanol–water partition coefficient (Wildman–Crippen LogP) is 3.84. The first kappa shape index (κ1) is 9.53. The summed E-state index contributed by atoms with van der Waals surface area (Å²) < 4.78 is 1.23. The SMILES string of the molecule is Cc1sc2c(C)c(O)cc(C)c2c1C. The summed E-state index contributed by atoms with van der Waals surface area (Å²) in [7, 11) is 0. The average Bonchev–Trinajstić information content (AvgIpc) is 2.40. The van der Waals surface area contributed by atoms with Crippen LogP contribution in [0, 0.1) is 27.7 Å². The van der Waals surface area contributed by atoms with E-state index in [9.17, 15) is 5.11 Å². The van der Waals surface area contributed by atoms with Crippen LogP contribution < -0.4 is 0 Å². The molecule has 0 radical (unpaired) electrons. The van der Waals surface area contributed by atoms with Gasteiger partial charge in [0.05, 0.1) is 0 Å². The van der Waals surface area contributed by atoms with Crippen LogP contribution in [0.3, 0.4) is 0 Å². The molecule has 0 aliphatic carbocycles. The largest absolute Gasteiger partial charge is 0.508 e. The Labute approximate surface area is 88.0 Å². The first-order valence-corrected chi connectivity index (χ1v) is 5.53. The summed E-state index contributed by atoms with van der Waals surface area (Å²) in [5.41, 5.74) is 3.53. The summed E-state index contributed by atoms with van der Waals surface area (Å²) in [6, 6.07) is 1.86. The van der Waals surface area contributed by atoms with Gasteiger partial charge in [-0.2, -0.15) is 0 Å². The molecule has 14 heavy (non-hydrogen) atoms. The molecule has 2 aromatic rings. The van der Waals surface area contributed by atoms with Gasteiger partial charge < -0.3 is 5.11 Å². The third kappa shape index (κ3) is 1.14. The summed E-state index contributed by atoms with van der Waals surface area (Å²) in [5, 5.41) is 11.0. The molecule has 1 aromatic heterocycles. The minimum absolute atomic E-state index is 0.413. The van der Waals surface area contributed by atoms with E-state index in [0.29, 0.717) is 5.75 Å². The van der Waals surface area contributed by atoms with Crippen molar-refractivity contribution in [2.45, 2.75) is 27.7 Å². The molecule has 2 heteroatoms. The maximum Gasteiger partial charge on any atom is 0.120 e. The predicted molar refractivity (Wildman–Crippen MR) is 62.4 cm³/mol. The summed E-state index contributed by atoms with van der Waals surface area (Å²) in [6.45, 7) is 8.32. The zero-order chi connectivity index (χ0) is 10.5. The molecule has 74 valence electrons. The number of benzene rings is 1. The van der Waals surface area contributed by atoms with Crippen molar-refractivity contribution in [3.8, 4) is 5.75 Å². The number of hydrogen-bond acceptors (Lipinski definition) is 2. The highest BCUT2D eigenvalue weighted by Gasteiger charge is 2.12. The van der Waals surface area contributed by atoms with Gasteiger partial charge in [-0.3, -0.25) is 0 Å². The van der Waals surface area contributed by atoms with Gasteiger partial charge in [0, 0.05) is 15.1 Å². The van der Waals surface area contributed by atoms with Crippen LogP contribution >= 0.6 is 11.3 Å². The fourth-order valence-corrected chi connectivity index (χ4v) is 3.10. The van der Waals surface area contributed by atoms with E-state index in [-0.39, 0.29) is 0 Å². The van der Waals surface area contributed by atoms with Gasteiger partial charge >= 0.3 is 0 Å². The zero-order valence-electron chi connectivity index (χ0n) is 8.93. The lowest BCUT2D eigenvalue weighted by Crippen LogP contribution is -1.81. The van der Waals surface area contributed by atoms with Crippen molar-refractivity contribution in [1.29, 1.82) is 0 Å². The fourth-order valence-electron chi connectivity index (χ4n) is 1.87. The van der Waals surface area contributed by atoms with Crippen LogP contribution in [0.4, 0.5) is 0 Å². The molecular formula is C12H14OS. The van der Waals surface area contributed by atoms with Crippen molar-refractivity contribution in [3.63, 3.8) is 0 Å². The lowest BCUT2D eigenvalue weighted by Gasteiger charge is -2.04. The Hall–Kier alpha value is -1.02. The van der Waals surface area contributed by atoms with Crippen LogP contribution in [-0.2, 0) is 0 Å². The second-order valence-electron chi connectivity index (χ2n) is 3.82. The van der Waals surface area contributed by atoms with Crippen LogP contribution in [0.2, 0.25) is 0 Å². The minimum atomic E-state index is 0.413. The number of phenols is 1. The van der Waals surface area contributed by atoms with Gasteiger partial charge in [0.2, 0.25) is 0 Å². The topological polar surface area (TPSA) is 20.2 Å². The standard InChI is InChI=1S/C12H14OS/c1-6-5-10(13)8(3)12-11(6)7(2)9(4)14-12/h5,13H,1-4H3. The third-order valence-electron chi connectivity index (χ3n) is 2.86. The van der Waals surface area contributed by atoms with E-state index >= 15 is 0 Å². The molecule has 1 N–H and O–H groups in total. The molecule has 0 atom stereocenters. The lowest BCUT2D eigenvalue weighted by molar-refractivity contribution is 0.472. The minimum Gasteiger partial charge on any atom is -0.508 e. The van der Waals surface area contributed by atoms with Crippen molar-refractivity contribution in [2.75, 3.05) is 0 Å². The average molecular weight is 206 g/mol. The Balaban J connectivity index is 3.02. The molecule has 0 aliphatic heterocycles. The Bertz CT molecular complexity index is 509. The number of hydrogen-bond donors (Lipinski definition) is 1. The summed E-state index contributed by atoms with van der Waals surface area (Å²) in [5.74, 6) is 0.413. The summed E-state index contributed by atoms with van der Waals surface area (Å²) in [4.78, 5) is 1.34. The maximum absolute atomic E-state index is 9.70. The normalized spacial score (nSPS) is 11.1. The van der Waals surface area contributed by atoms with Gasteiger partial charge in [-0.15, -0.1) is 11.3 Å². The molecule has 0 saturated heterocycles. The van der Waals surface area contributed by atoms with Gasteiger partial charge in [-0.25, -0.2) is 0 Å². The van der Waals surface area contributed by atoms with Crippen molar-refractivity contribution < 1.29 is 5.11 Å². The van der Waals surface area contributed by atoms with Gasteiger partial charge in [0.1, 0.15) is 5.75 Å². The van der Waals surface area contributed by atoms with Crippen LogP contribution in [0.25, 0.3) is 10.1 Å². The molecule has 1 nitrogen and oxygen atoms in total. The second kappa shape index (κ2) is 2.99. The van der Waals surface area contributed by atoms with E-state index in [1.807, 2.05) is 13.0 Å². The molecule has 0 amide bonds. The smallest absolute Gasteiger partial charge is 0.120 e. The van der Waals surface area contributed by atoms with E-state index in [4.69, 9.17) is 0 Å². The Kier molecular flexibility index (Phi) is 2.04. The van der Waals surface area contributed by atoms with Crippen molar-refractivity contribution in [3.05, 3.63) is 27.6 Å². The quantitative estimate of drug-likeness (QED) is 0.694. The first-order valence-electron chi connectivity index (χ1n) is 4.71. The fraction of sp³-hybridized carbons (Fsp3) is 0.333. The number of aromatic hydroxyl groups is 1. The van der Waals surface area contributed by atoms with Crippen LogP contribution in [0.5, 0.6) is 5.75 Å².